The molecule has 2 aromatic carbocycles. The van der Waals surface area contributed by atoms with Crippen LogP contribution < -0.4 is 0 Å². The molecule has 1 N–H and O–H groups in total. The number of aliphatic hydroxyl groups excluding tert-OH is 1. The smallest absolute Gasteiger partial charge is 0.336 e. The number of carbonyl (C=O) groups is 2. The van der Waals surface area contributed by atoms with Gasteiger partial charge in [0.05, 0.1) is 24.9 Å². The summed E-state index contributed by atoms with van der Waals surface area (Å²) in [5, 5.41) is 9.50. The Kier molecular flexibility index (Phi) is 12.0. The number of ether oxygens (including phenoxy) is 2. The zero-order chi connectivity index (χ0) is 28.2. The van der Waals surface area contributed by atoms with Gasteiger partial charge in [0.25, 0.3) is 6.08 Å². The molecule has 0 saturated carbocycles. The molecule has 2 unspecified atom stereocenters. The number of rotatable bonds is 14. The van der Waals surface area contributed by atoms with E-state index in [9.17, 15) is 27.9 Å². The maximum absolute atomic E-state index is 14.9. The van der Waals surface area contributed by atoms with Crippen LogP contribution in [0.4, 0.5) is 13.2 Å². The molecule has 0 spiro atoms. The predicted molar refractivity (Wildman–Crippen MR) is 140 cm³/mol. The van der Waals surface area contributed by atoms with Gasteiger partial charge in [0.1, 0.15) is 5.82 Å². The van der Waals surface area contributed by atoms with Gasteiger partial charge in [-0.05, 0) is 68.4 Å². The van der Waals surface area contributed by atoms with E-state index >= 15 is 0 Å². The monoisotopic (exact) mass is 530 g/mol. The zero-order valence-corrected chi connectivity index (χ0v) is 21.6. The summed E-state index contributed by atoms with van der Waals surface area (Å²) in [6, 6.07) is 12.0. The summed E-state index contributed by atoms with van der Waals surface area (Å²) < 4.78 is 49.8. The first kappa shape index (κ1) is 30.6. The Balaban J connectivity index is 2.04. The molecular weight excluding hydrogens is 497 g/mol. The topological polar surface area (TPSA) is 72.8 Å². The van der Waals surface area contributed by atoms with Crippen molar-refractivity contribution in [1.29, 1.82) is 0 Å². The molecule has 2 atom stereocenters. The van der Waals surface area contributed by atoms with Gasteiger partial charge in [-0.2, -0.15) is 8.78 Å². The van der Waals surface area contributed by atoms with Crippen LogP contribution in [0.1, 0.15) is 37.8 Å². The Labute approximate surface area is 221 Å². The lowest BCUT2D eigenvalue weighted by Gasteiger charge is -2.18. The number of esters is 2. The molecule has 0 amide bonds. The van der Waals surface area contributed by atoms with E-state index < -0.39 is 29.9 Å². The first-order valence-electron chi connectivity index (χ1n) is 12.2. The van der Waals surface area contributed by atoms with Gasteiger partial charge < -0.3 is 14.6 Å². The second-order valence-electron chi connectivity index (χ2n) is 9.13. The predicted octanol–water partition coefficient (Wildman–Crippen LogP) is 6.35. The maximum atomic E-state index is 14.9. The molecule has 0 bridgehead atoms. The normalized spacial score (nSPS) is 12.3. The van der Waals surface area contributed by atoms with Gasteiger partial charge in [-0.15, -0.1) is 0 Å². The van der Waals surface area contributed by atoms with Gasteiger partial charge in [0, 0.05) is 17.1 Å². The van der Waals surface area contributed by atoms with Crippen molar-refractivity contribution in [1.82, 2.24) is 0 Å². The SMILES string of the molecule is C=C(C)C(=O)OCC(CCc1ccc(-c2ccc(CCC=C(F)F)cc2)c(F)c1)COC(=O)C(=C)C(C)O. The molecule has 0 aliphatic rings. The Bertz CT molecular complexity index is 1160. The quantitative estimate of drug-likeness (QED) is 0.228. The molecule has 8 heteroatoms. The average molecular weight is 531 g/mol. The number of halogens is 3. The van der Waals surface area contributed by atoms with Gasteiger partial charge in [0.15, 0.2) is 0 Å². The number of aliphatic hydroxyl groups is 1. The first-order chi connectivity index (χ1) is 18.0. The van der Waals surface area contributed by atoms with Crippen LogP contribution in [0.2, 0.25) is 0 Å². The number of hydrogen-bond acceptors (Lipinski definition) is 5. The molecule has 0 saturated heterocycles. The van der Waals surface area contributed by atoms with E-state index in [1.165, 1.54) is 19.9 Å². The largest absolute Gasteiger partial charge is 0.462 e. The lowest BCUT2D eigenvalue weighted by molar-refractivity contribution is -0.144. The fourth-order valence-electron chi connectivity index (χ4n) is 3.51. The second-order valence-corrected chi connectivity index (χ2v) is 9.13. The molecule has 2 aromatic rings. The van der Waals surface area contributed by atoms with Crippen LogP contribution in [0, 0.1) is 11.7 Å². The summed E-state index contributed by atoms with van der Waals surface area (Å²) in [4.78, 5) is 23.9. The number of carbonyl (C=O) groups excluding carboxylic acids is 2. The molecule has 0 aliphatic carbocycles. The van der Waals surface area contributed by atoms with Crippen LogP contribution in [0.3, 0.4) is 0 Å². The van der Waals surface area contributed by atoms with Gasteiger partial charge in [-0.3, -0.25) is 0 Å². The van der Waals surface area contributed by atoms with Gasteiger partial charge in [-0.25, -0.2) is 14.0 Å². The van der Waals surface area contributed by atoms with Crippen molar-refractivity contribution in [2.24, 2.45) is 5.92 Å². The molecule has 0 aromatic heterocycles. The lowest BCUT2D eigenvalue weighted by atomic mass is 9.97. The van der Waals surface area contributed by atoms with Crippen molar-refractivity contribution in [2.75, 3.05) is 13.2 Å². The highest BCUT2D eigenvalue weighted by Gasteiger charge is 2.19. The van der Waals surface area contributed by atoms with E-state index in [1.807, 2.05) is 0 Å². The van der Waals surface area contributed by atoms with Crippen LogP contribution in [-0.2, 0) is 31.9 Å². The molecular formula is C30H33F3O5. The van der Waals surface area contributed by atoms with Gasteiger partial charge >= 0.3 is 11.9 Å². The van der Waals surface area contributed by atoms with E-state index in [4.69, 9.17) is 9.47 Å². The summed E-state index contributed by atoms with van der Waals surface area (Å²) >= 11 is 0. The van der Waals surface area contributed by atoms with E-state index in [-0.39, 0.29) is 36.7 Å². The number of benzene rings is 2. The molecule has 0 heterocycles. The summed E-state index contributed by atoms with van der Waals surface area (Å²) in [7, 11) is 0. The van der Waals surface area contributed by atoms with Crippen LogP contribution in [0.25, 0.3) is 11.1 Å². The summed E-state index contributed by atoms with van der Waals surface area (Å²) in [6.45, 7) is 9.86. The number of aryl methyl sites for hydroxylation is 2. The van der Waals surface area contributed by atoms with Crippen molar-refractivity contribution in [2.45, 2.75) is 45.6 Å². The molecule has 5 nitrogen and oxygen atoms in total. The fourth-order valence-corrected chi connectivity index (χ4v) is 3.51. The molecule has 0 aliphatic heterocycles. The molecule has 0 fully saturated rings. The van der Waals surface area contributed by atoms with Gasteiger partial charge in [0.2, 0.25) is 0 Å². The van der Waals surface area contributed by atoms with E-state index in [0.29, 0.717) is 36.0 Å². The Morgan fingerprint density at radius 1 is 0.974 bits per heavy atom. The molecule has 2 rings (SSSR count). The Hall–Kier alpha value is -3.65. The third kappa shape index (κ3) is 10.0. The molecule has 0 radical (unpaired) electrons. The minimum Gasteiger partial charge on any atom is -0.462 e. The minimum absolute atomic E-state index is 0.0270. The van der Waals surface area contributed by atoms with Crippen molar-refractivity contribution in [3.63, 3.8) is 0 Å². The maximum Gasteiger partial charge on any atom is 0.336 e. The highest BCUT2D eigenvalue weighted by molar-refractivity contribution is 5.88. The summed E-state index contributed by atoms with van der Waals surface area (Å²) in [5.41, 5.74) is 2.81. The highest BCUT2D eigenvalue weighted by Crippen LogP contribution is 2.25. The van der Waals surface area contributed by atoms with E-state index in [2.05, 4.69) is 13.2 Å². The van der Waals surface area contributed by atoms with Crippen molar-refractivity contribution in [3.8, 4) is 11.1 Å². The Morgan fingerprint density at radius 3 is 2.13 bits per heavy atom. The number of allylic oxidation sites excluding steroid dienone is 1. The Morgan fingerprint density at radius 2 is 1.58 bits per heavy atom. The van der Waals surface area contributed by atoms with Crippen LogP contribution in [-0.4, -0.2) is 36.4 Å². The molecule has 204 valence electrons. The van der Waals surface area contributed by atoms with Crippen molar-refractivity contribution >= 4 is 11.9 Å². The van der Waals surface area contributed by atoms with Gasteiger partial charge in [-0.1, -0.05) is 49.6 Å². The molecule has 38 heavy (non-hydrogen) atoms. The van der Waals surface area contributed by atoms with Crippen LogP contribution in [0.5, 0.6) is 0 Å². The first-order valence-corrected chi connectivity index (χ1v) is 12.2. The highest BCUT2D eigenvalue weighted by atomic mass is 19.3. The summed E-state index contributed by atoms with van der Waals surface area (Å²) in [5.74, 6) is -2.10. The van der Waals surface area contributed by atoms with Crippen molar-refractivity contribution in [3.05, 3.63) is 95.9 Å². The third-order valence-corrected chi connectivity index (χ3v) is 5.89. The van der Waals surface area contributed by atoms with E-state index in [0.717, 1.165) is 11.6 Å². The van der Waals surface area contributed by atoms with E-state index in [1.54, 1.807) is 36.4 Å². The van der Waals surface area contributed by atoms with Crippen LogP contribution >= 0.6 is 0 Å². The third-order valence-electron chi connectivity index (χ3n) is 5.89. The average Bonchev–Trinajstić information content (AvgIpc) is 2.87. The number of hydrogen-bond donors (Lipinski definition) is 1. The van der Waals surface area contributed by atoms with Crippen molar-refractivity contribution < 1.29 is 37.3 Å². The van der Waals surface area contributed by atoms with Crippen LogP contribution in [0.15, 0.2) is 78.9 Å². The lowest BCUT2D eigenvalue weighted by Crippen LogP contribution is -2.24. The second kappa shape index (κ2) is 14.9. The zero-order valence-electron chi connectivity index (χ0n) is 21.6. The minimum atomic E-state index is -1.70. The standard InChI is InChI=1S/C30H33F3O5/c1-19(2)29(35)37-17-24(18-38-30(36)20(3)21(4)34)9-8-23-12-15-26(27(31)16-23)25-13-10-22(11-14-25)6-5-7-28(32)33/h7,10-16,21,24,34H,1,3,5-6,8-9,17-18H2,2,4H3. The summed E-state index contributed by atoms with van der Waals surface area (Å²) in [6.07, 6.45) is -0.332. The fraction of sp³-hybridized carbons (Fsp3) is 0.333.